The highest BCUT2D eigenvalue weighted by Crippen LogP contribution is 2.01. The Morgan fingerprint density at radius 2 is 1.42 bits per heavy atom. The highest BCUT2D eigenvalue weighted by Gasteiger charge is 2.16. The summed E-state index contributed by atoms with van der Waals surface area (Å²) < 4.78 is 14.2. The number of quaternary nitrogens is 1. The summed E-state index contributed by atoms with van der Waals surface area (Å²) in [6.45, 7) is 16.8. The van der Waals surface area contributed by atoms with Gasteiger partial charge in [0.1, 0.15) is 6.54 Å². The van der Waals surface area contributed by atoms with E-state index in [4.69, 9.17) is 4.74 Å². The van der Waals surface area contributed by atoms with E-state index in [1.165, 1.54) is 7.11 Å². The van der Waals surface area contributed by atoms with Crippen LogP contribution in [0, 0.1) is 0 Å². The monoisotopic (exact) mass is 372 g/mol. The highest BCUT2D eigenvalue weighted by molar-refractivity contribution is 5.88. The number of methoxy groups -OCH3 is 1. The SMILES string of the molecule is C=C(C)C(=O)OC.C=C(C[N+](C)(C)C)C(=O)OCC.C=CC(=O)OCC. The van der Waals surface area contributed by atoms with Crippen molar-refractivity contribution in [2.24, 2.45) is 0 Å². The summed E-state index contributed by atoms with van der Waals surface area (Å²) in [5.74, 6) is -0.993. The normalized spacial score (nSPS) is 9.19. The lowest BCUT2D eigenvalue weighted by atomic mass is 10.3. The summed E-state index contributed by atoms with van der Waals surface area (Å²) in [5, 5.41) is 0. The lowest BCUT2D eigenvalue weighted by molar-refractivity contribution is -0.865. The maximum absolute atomic E-state index is 11.1. The van der Waals surface area contributed by atoms with Crippen LogP contribution in [0.15, 0.2) is 37.0 Å². The molecule has 0 atom stereocenters. The number of carbonyl (C=O) groups excluding carboxylic acids is 3. The smallest absolute Gasteiger partial charge is 0.339 e. The fourth-order valence-electron chi connectivity index (χ4n) is 1.25. The average molecular weight is 372 g/mol. The fourth-order valence-corrected chi connectivity index (χ4v) is 1.25. The van der Waals surface area contributed by atoms with Crippen molar-refractivity contribution in [3.8, 4) is 0 Å². The van der Waals surface area contributed by atoms with E-state index in [9.17, 15) is 14.4 Å². The molecule has 150 valence electrons. The summed E-state index contributed by atoms with van der Waals surface area (Å²) in [6.07, 6.45) is 1.14. The molecule has 7 heteroatoms. The van der Waals surface area contributed by atoms with Gasteiger partial charge in [-0.3, -0.25) is 0 Å². The summed E-state index contributed by atoms with van der Waals surface area (Å²) in [6, 6.07) is 0. The predicted octanol–water partition coefficient (Wildman–Crippen LogP) is 2.28. The van der Waals surface area contributed by atoms with Crippen LogP contribution in [0.3, 0.4) is 0 Å². The maximum atomic E-state index is 11.1. The van der Waals surface area contributed by atoms with Gasteiger partial charge in [-0.05, 0) is 20.8 Å². The molecule has 0 saturated carbocycles. The van der Waals surface area contributed by atoms with Gasteiger partial charge in [-0.25, -0.2) is 14.4 Å². The van der Waals surface area contributed by atoms with Crippen molar-refractivity contribution in [1.29, 1.82) is 0 Å². The van der Waals surface area contributed by atoms with Crippen molar-refractivity contribution in [2.45, 2.75) is 20.8 Å². The molecular formula is C19H34NO6+. The Morgan fingerprint density at radius 1 is 0.962 bits per heavy atom. The van der Waals surface area contributed by atoms with E-state index in [-0.39, 0.29) is 17.9 Å². The molecule has 0 aromatic carbocycles. The van der Waals surface area contributed by atoms with Gasteiger partial charge in [0.15, 0.2) is 0 Å². The van der Waals surface area contributed by atoms with Crippen LogP contribution in [-0.2, 0) is 28.6 Å². The van der Waals surface area contributed by atoms with Crippen LogP contribution in [-0.4, -0.2) is 70.4 Å². The van der Waals surface area contributed by atoms with Crippen LogP contribution in [0.4, 0.5) is 0 Å². The van der Waals surface area contributed by atoms with E-state index in [0.717, 1.165) is 6.08 Å². The first-order chi connectivity index (χ1) is 11.9. The fraction of sp³-hybridized carbons (Fsp3) is 0.526. The first-order valence-corrected chi connectivity index (χ1v) is 8.04. The lowest BCUT2D eigenvalue weighted by Gasteiger charge is -2.23. The second-order valence-electron chi connectivity index (χ2n) is 6.00. The first-order valence-electron chi connectivity index (χ1n) is 8.04. The van der Waals surface area contributed by atoms with Crippen molar-refractivity contribution >= 4 is 17.9 Å². The van der Waals surface area contributed by atoms with Gasteiger partial charge in [0.2, 0.25) is 0 Å². The second-order valence-corrected chi connectivity index (χ2v) is 6.00. The number of carbonyl (C=O) groups is 3. The van der Waals surface area contributed by atoms with Crippen molar-refractivity contribution in [1.82, 2.24) is 0 Å². The Balaban J connectivity index is -0.000000326. The third kappa shape index (κ3) is 21.6. The third-order valence-electron chi connectivity index (χ3n) is 2.22. The van der Waals surface area contributed by atoms with E-state index in [2.05, 4.69) is 29.2 Å². The molecule has 0 heterocycles. The number of hydrogen-bond donors (Lipinski definition) is 0. The van der Waals surface area contributed by atoms with Gasteiger partial charge in [0.25, 0.3) is 0 Å². The maximum Gasteiger partial charge on any atom is 0.339 e. The minimum Gasteiger partial charge on any atom is -0.466 e. The van der Waals surface area contributed by atoms with Crippen LogP contribution in [0.2, 0.25) is 0 Å². The molecule has 0 aromatic heterocycles. The Bertz CT molecular complexity index is 487. The minimum atomic E-state index is -0.359. The summed E-state index contributed by atoms with van der Waals surface area (Å²) in [4.78, 5) is 31.4. The molecule has 0 saturated heterocycles. The molecule has 0 spiro atoms. The number of likely N-dealkylation sites (N-methyl/N-ethyl adjacent to an activating group) is 1. The first kappa shape index (κ1) is 28.4. The third-order valence-corrected chi connectivity index (χ3v) is 2.22. The number of nitrogens with zero attached hydrogens (tertiary/aromatic N) is 1. The van der Waals surface area contributed by atoms with E-state index in [1.807, 2.05) is 21.1 Å². The lowest BCUT2D eigenvalue weighted by Crippen LogP contribution is -2.37. The van der Waals surface area contributed by atoms with Crippen LogP contribution in [0.1, 0.15) is 20.8 Å². The molecule has 0 amide bonds. The Morgan fingerprint density at radius 3 is 1.62 bits per heavy atom. The van der Waals surface area contributed by atoms with Gasteiger partial charge in [-0.2, -0.15) is 0 Å². The quantitative estimate of drug-likeness (QED) is 0.295. The van der Waals surface area contributed by atoms with Crippen LogP contribution in [0.25, 0.3) is 0 Å². The largest absolute Gasteiger partial charge is 0.466 e. The van der Waals surface area contributed by atoms with Crippen molar-refractivity contribution < 1.29 is 33.1 Å². The average Bonchev–Trinajstić information content (AvgIpc) is 2.53. The molecule has 0 radical (unpaired) electrons. The van der Waals surface area contributed by atoms with E-state index in [0.29, 0.717) is 35.4 Å². The van der Waals surface area contributed by atoms with Crippen LogP contribution < -0.4 is 0 Å². The Kier molecular flexibility index (Phi) is 17.6. The molecule has 0 aliphatic carbocycles. The topological polar surface area (TPSA) is 78.9 Å². The van der Waals surface area contributed by atoms with Crippen LogP contribution >= 0.6 is 0 Å². The predicted molar refractivity (Wildman–Crippen MR) is 102 cm³/mol. The molecule has 0 bridgehead atoms. The van der Waals surface area contributed by atoms with E-state index in [1.54, 1.807) is 20.8 Å². The van der Waals surface area contributed by atoms with Gasteiger partial charge in [-0.1, -0.05) is 19.7 Å². The zero-order chi connectivity index (χ0) is 21.3. The molecule has 0 unspecified atom stereocenters. The Hall–Kier alpha value is -2.41. The molecule has 0 aliphatic rings. The van der Waals surface area contributed by atoms with Crippen molar-refractivity contribution in [2.75, 3.05) is 48.0 Å². The van der Waals surface area contributed by atoms with Gasteiger partial charge in [0, 0.05) is 11.6 Å². The number of ether oxygens (including phenoxy) is 3. The summed E-state index contributed by atoms with van der Waals surface area (Å²) >= 11 is 0. The highest BCUT2D eigenvalue weighted by atomic mass is 16.5. The minimum absolute atomic E-state index is 0.287. The molecule has 0 aromatic rings. The van der Waals surface area contributed by atoms with Gasteiger partial charge < -0.3 is 18.7 Å². The zero-order valence-corrected chi connectivity index (χ0v) is 17.2. The molecule has 7 nitrogen and oxygen atoms in total. The standard InChI is InChI=1S/C9H18NO2.2C5H8O2/c1-6-12-9(11)8(2)7-10(3,4)5;1-4(2)5(6)7-3;1-3-5(6)7-4-2/h2,6-7H2,1,3-5H3;1H2,2-3H3;3H,1,4H2,2H3/q+1;;. The van der Waals surface area contributed by atoms with Gasteiger partial charge >= 0.3 is 17.9 Å². The molecular weight excluding hydrogens is 338 g/mol. The summed E-state index contributed by atoms with van der Waals surface area (Å²) in [5.41, 5.74) is 0.965. The molecule has 0 rings (SSSR count). The molecule has 0 fully saturated rings. The number of esters is 3. The van der Waals surface area contributed by atoms with Gasteiger partial charge in [-0.15, -0.1) is 0 Å². The van der Waals surface area contributed by atoms with Gasteiger partial charge in [0.05, 0.1) is 47.0 Å². The molecule has 0 N–H and O–H groups in total. The molecule has 26 heavy (non-hydrogen) atoms. The van der Waals surface area contributed by atoms with Crippen molar-refractivity contribution in [3.63, 3.8) is 0 Å². The number of rotatable bonds is 7. The van der Waals surface area contributed by atoms with Crippen LogP contribution in [0.5, 0.6) is 0 Å². The number of hydrogen-bond acceptors (Lipinski definition) is 6. The summed E-state index contributed by atoms with van der Waals surface area (Å²) in [7, 11) is 7.34. The van der Waals surface area contributed by atoms with E-state index < -0.39 is 0 Å². The van der Waals surface area contributed by atoms with Crippen molar-refractivity contribution in [3.05, 3.63) is 37.0 Å². The second kappa shape index (κ2) is 16.1. The molecule has 0 aliphatic heterocycles. The zero-order valence-electron chi connectivity index (χ0n) is 17.2. The van der Waals surface area contributed by atoms with E-state index >= 15 is 0 Å². The Labute approximate surface area is 157 Å².